The number of aromatic nitrogens is 1. The zero-order valence-corrected chi connectivity index (χ0v) is 22.3. The van der Waals surface area contributed by atoms with Gasteiger partial charge in [0.15, 0.2) is 0 Å². The number of halogens is 2. The second-order valence-corrected chi connectivity index (χ2v) is 10.5. The number of hydrogen-bond acceptors (Lipinski definition) is 1. The maximum atomic E-state index is 14.0. The van der Waals surface area contributed by atoms with Crippen LogP contribution in [0.3, 0.4) is 0 Å². The van der Waals surface area contributed by atoms with Gasteiger partial charge < -0.3 is 4.57 Å². The normalized spacial score (nSPS) is 14.1. The number of hydrogen-bond donors (Lipinski definition) is 0. The second-order valence-electron chi connectivity index (χ2n) is 9.65. The molecular formula is C34H22Cl2N2O. The number of amides is 1. The van der Waals surface area contributed by atoms with Crippen LogP contribution in [0.1, 0.15) is 16.7 Å². The predicted octanol–water partition coefficient (Wildman–Crippen LogP) is 9.37. The summed E-state index contributed by atoms with van der Waals surface area (Å²) in [6, 6.07) is 36.2. The lowest BCUT2D eigenvalue weighted by Crippen LogP contribution is -2.21. The molecule has 0 saturated carbocycles. The van der Waals surface area contributed by atoms with E-state index in [9.17, 15) is 4.79 Å². The Kier molecular flexibility index (Phi) is 5.77. The molecule has 0 fully saturated rings. The molecule has 0 aliphatic carbocycles. The minimum atomic E-state index is -0.155. The van der Waals surface area contributed by atoms with Gasteiger partial charge in [0, 0.05) is 34.8 Å². The topological polar surface area (TPSA) is 25.2 Å². The van der Waals surface area contributed by atoms with Gasteiger partial charge in [-0.05, 0) is 46.7 Å². The molecule has 0 unspecified atom stereocenters. The summed E-state index contributed by atoms with van der Waals surface area (Å²) in [6.07, 6.45) is 4.13. The van der Waals surface area contributed by atoms with Crippen LogP contribution in [0, 0.1) is 0 Å². The summed E-state index contributed by atoms with van der Waals surface area (Å²) in [5, 5.41) is 4.41. The third-order valence-corrected chi connectivity index (χ3v) is 7.98. The summed E-state index contributed by atoms with van der Waals surface area (Å²) in [4.78, 5) is 15.6. The number of benzene rings is 5. The van der Waals surface area contributed by atoms with E-state index < -0.39 is 0 Å². The highest BCUT2D eigenvalue weighted by Gasteiger charge is 2.35. The molecule has 5 aromatic carbocycles. The summed E-state index contributed by atoms with van der Waals surface area (Å²) in [7, 11) is 0. The molecule has 7 rings (SSSR count). The Morgan fingerprint density at radius 3 is 2.21 bits per heavy atom. The maximum absolute atomic E-state index is 14.0. The highest BCUT2D eigenvalue weighted by Crippen LogP contribution is 2.47. The lowest BCUT2D eigenvalue weighted by atomic mass is 10.0. The Balaban J connectivity index is 1.37. The number of anilines is 2. The van der Waals surface area contributed by atoms with Gasteiger partial charge in [-0.15, -0.1) is 0 Å². The Bertz CT molecular complexity index is 1930. The van der Waals surface area contributed by atoms with Crippen LogP contribution in [0.15, 0.2) is 115 Å². The van der Waals surface area contributed by atoms with Crippen LogP contribution in [0.5, 0.6) is 0 Å². The van der Waals surface area contributed by atoms with Gasteiger partial charge >= 0.3 is 0 Å². The minimum absolute atomic E-state index is 0.155. The zero-order chi connectivity index (χ0) is 26.5. The minimum Gasteiger partial charge on any atom is -0.342 e. The molecule has 1 aliphatic heterocycles. The van der Waals surface area contributed by atoms with Crippen molar-refractivity contribution in [2.75, 3.05) is 4.90 Å². The molecule has 2 heterocycles. The zero-order valence-electron chi connectivity index (χ0n) is 20.8. The Morgan fingerprint density at radius 2 is 1.36 bits per heavy atom. The first-order valence-electron chi connectivity index (χ1n) is 12.7. The molecule has 0 spiro atoms. The molecule has 3 nitrogen and oxygen atoms in total. The van der Waals surface area contributed by atoms with Gasteiger partial charge in [0.2, 0.25) is 0 Å². The van der Waals surface area contributed by atoms with E-state index >= 15 is 0 Å². The molecule has 6 aromatic rings. The average Bonchev–Trinajstić information content (AvgIpc) is 3.44. The van der Waals surface area contributed by atoms with E-state index in [-0.39, 0.29) is 5.91 Å². The molecule has 188 valence electrons. The van der Waals surface area contributed by atoms with Gasteiger partial charge in [-0.2, -0.15) is 0 Å². The van der Waals surface area contributed by atoms with Crippen molar-refractivity contribution < 1.29 is 4.79 Å². The van der Waals surface area contributed by atoms with Gasteiger partial charge in [-0.1, -0.05) is 108 Å². The van der Waals surface area contributed by atoms with Crippen LogP contribution in [0.4, 0.5) is 11.4 Å². The van der Waals surface area contributed by atoms with Crippen molar-refractivity contribution in [3.05, 3.63) is 142 Å². The van der Waals surface area contributed by atoms with Crippen molar-refractivity contribution in [2.45, 2.75) is 6.54 Å². The van der Waals surface area contributed by atoms with Crippen LogP contribution >= 0.6 is 23.2 Å². The van der Waals surface area contributed by atoms with E-state index in [0.29, 0.717) is 21.3 Å². The highest BCUT2D eigenvalue weighted by molar-refractivity contribution is 6.45. The van der Waals surface area contributed by atoms with Crippen LogP contribution < -0.4 is 4.90 Å². The molecule has 1 aliphatic rings. The quantitative estimate of drug-likeness (QED) is 0.203. The van der Waals surface area contributed by atoms with Crippen molar-refractivity contribution in [3.8, 4) is 0 Å². The molecule has 0 radical (unpaired) electrons. The summed E-state index contributed by atoms with van der Waals surface area (Å²) >= 11 is 13.1. The molecule has 5 heteroatoms. The first-order valence-corrected chi connectivity index (χ1v) is 13.5. The third-order valence-electron chi connectivity index (χ3n) is 7.37. The van der Waals surface area contributed by atoms with Gasteiger partial charge in [0.05, 0.1) is 27.0 Å². The standard InChI is InChI=1S/C34H22Cl2N2O/c35-29-15-8-16-30(36)33(29)38-32-18-6-4-14-27(32)28(34(38)39)19-24-21-37(31-17-5-3-13-26(24)31)20-23-11-7-10-22-9-1-2-12-25(22)23/h1-19,21H,20H2/b28-19-. The smallest absolute Gasteiger partial charge is 0.263 e. The first kappa shape index (κ1) is 23.8. The van der Waals surface area contributed by atoms with Crippen molar-refractivity contribution >= 4 is 73.8 Å². The number of rotatable bonds is 4. The summed E-state index contributed by atoms with van der Waals surface area (Å²) in [5.41, 5.74) is 6.07. The van der Waals surface area contributed by atoms with Crippen LogP contribution in [0.25, 0.3) is 33.3 Å². The lowest BCUT2D eigenvalue weighted by molar-refractivity contribution is -0.112. The monoisotopic (exact) mass is 544 g/mol. The third kappa shape index (κ3) is 3.94. The first-order chi connectivity index (χ1) is 19.1. The van der Waals surface area contributed by atoms with Crippen molar-refractivity contribution in [1.82, 2.24) is 4.57 Å². The van der Waals surface area contributed by atoms with Gasteiger partial charge in [-0.25, -0.2) is 0 Å². The fourth-order valence-corrected chi connectivity index (χ4v) is 6.16. The Labute approximate surface area is 236 Å². The molecule has 0 saturated heterocycles. The number of nitrogens with zero attached hydrogens (tertiary/aromatic N) is 2. The van der Waals surface area contributed by atoms with Gasteiger partial charge in [0.25, 0.3) is 5.91 Å². The highest BCUT2D eigenvalue weighted by atomic mass is 35.5. The van der Waals surface area contributed by atoms with Crippen molar-refractivity contribution in [2.24, 2.45) is 0 Å². The summed E-state index contributed by atoms with van der Waals surface area (Å²) < 4.78 is 2.26. The number of para-hydroxylation sites is 3. The summed E-state index contributed by atoms with van der Waals surface area (Å²) in [6.45, 7) is 0.719. The largest absolute Gasteiger partial charge is 0.342 e. The van der Waals surface area contributed by atoms with E-state index in [4.69, 9.17) is 23.2 Å². The van der Waals surface area contributed by atoms with E-state index in [2.05, 4.69) is 71.4 Å². The molecule has 39 heavy (non-hydrogen) atoms. The maximum Gasteiger partial charge on any atom is 0.263 e. The average molecular weight is 545 g/mol. The number of carbonyl (C=O) groups is 1. The molecule has 1 aromatic heterocycles. The van der Waals surface area contributed by atoms with E-state index in [0.717, 1.165) is 34.3 Å². The molecule has 0 bridgehead atoms. The summed E-state index contributed by atoms with van der Waals surface area (Å²) in [5.74, 6) is -0.155. The lowest BCUT2D eigenvalue weighted by Gasteiger charge is -2.20. The molecular weight excluding hydrogens is 523 g/mol. The van der Waals surface area contributed by atoms with E-state index in [1.807, 2.05) is 36.4 Å². The SMILES string of the molecule is O=C1/C(=C\c2cn(Cc3cccc4ccccc34)c3ccccc23)c2ccccc2N1c1c(Cl)cccc1Cl. The molecule has 1 amide bonds. The predicted molar refractivity (Wildman–Crippen MR) is 163 cm³/mol. The Morgan fingerprint density at radius 1 is 0.692 bits per heavy atom. The second kappa shape index (κ2) is 9.46. The van der Waals surface area contributed by atoms with Crippen LogP contribution in [0.2, 0.25) is 10.0 Å². The van der Waals surface area contributed by atoms with Crippen molar-refractivity contribution in [3.63, 3.8) is 0 Å². The van der Waals surface area contributed by atoms with E-state index in [1.165, 1.54) is 16.3 Å². The fraction of sp³-hybridized carbons (Fsp3) is 0.0294. The van der Waals surface area contributed by atoms with Gasteiger partial charge in [0.1, 0.15) is 0 Å². The van der Waals surface area contributed by atoms with Crippen molar-refractivity contribution in [1.29, 1.82) is 0 Å². The Hall–Kier alpha value is -4.31. The fourth-order valence-electron chi connectivity index (χ4n) is 5.60. The number of carbonyl (C=O) groups excluding carboxylic acids is 1. The van der Waals surface area contributed by atoms with Crippen LogP contribution in [-0.4, -0.2) is 10.5 Å². The van der Waals surface area contributed by atoms with Gasteiger partial charge in [-0.3, -0.25) is 9.69 Å². The molecule has 0 atom stereocenters. The van der Waals surface area contributed by atoms with E-state index in [1.54, 1.807) is 23.1 Å². The van der Waals surface area contributed by atoms with Crippen LogP contribution in [-0.2, 0) is 11.3 Å². The number of fused-ring (bicyclic) bond motifs is 3. The molecule has 0 N–H and O–H groups in total.